The quantitative estimate of drug-likeness (QED) is 0.814. The van der Waals surface area contributed by atoms with Gasteiger partial charge in [0.2, 0.25) is 0 Å². The number of carbonyl (C=O) groups is 2. The van der Waals surface area contributed by atoms with Crippen molar-refractivity contribution in [3.05, 3.63) is 0 Å². The predicted octanol–water partition coefficient (Wildman–Crippen LogP) is 1.76. The average molecular weight is 268 g/mol. The third-order valence-corrected chi connectivity index (χ3v) is 5.82. The lowest BCUT2D eigenvalue weighted by Gasteiger charge is -2.24. The molecule has 4 atom stereocenters. The number of rotatable bonds is 3. The monoisotopic (exact) mass is 268 g/mol. The summed E-state index contributed by atoms with van der Waals surface area (Å²) in [7, 11) is 1.33. The Labute approximate surface area is 111 Å². The molecule has 3 rings (SSSR count). The molecule has 0 unspecified atom stereocenters. The average Bonchev–Trinajstić information content (AvgIpc) is 2.73. The zero-order chi connectivity index (χ0) is 13.8. The smallest absolute Gasteiger partial charge is 0.337 e. The lowest BCUT2D eigenvalue weighted by molar-refractivity contribution is -0.158. The van der Waals surface area contributed by atoms with Gasteiger partial charge in [0.1, 0.15) is 5.92 Å². The van der Waals surface area contributed by atoms with Gasteiger partial charge in [-0.2, -0.15) is 0 Å². The molecule has 0 saturated heterocycles. The van der Waals surface area contributed by atoms with Crippen molar-refractivity contribution in [1.82, 2.24) is 0 Å². The van der Waals surface area contributed by atoms with E-state index in [2.05, 4.69) is 0 Å². The van der Waals surface area contributed by atoms with E-state index < -0.39 is 28.9 Å². The highest BCUT2D eigenvalue weighted by molar-refractivity contribution is 5.95. The summed E-state index contributed by atoms with van der Waals surface area (Å²) in [6.45, 7) is 0. The van der Waals surface area contributed by atoms with E-state index in [1.807, 2.05) is 0 Å². The van der Waals surface area contributed by atoms with Crippen LogP contribution in [0.4, 0.5) is 0 Å². The Morgan fingerprint density at radius 2 is 1.63 bits per heavy atom. The Kier molecular flexibility index (Phi) is 2.68. The van der Waals surface area contributed by atoms with Crippen molar-refractivity contribution in [2.75, 3.05) is 7.11 Å². The van der Waals surface area contributed by atoms with Gasteiger partial charge in [-0.05, 0) is 24.7 Å². The first-order chi connectivity index (χ1) is 8.99. The summed E-state index contributed by atoms with van der Waals surface area (Å²) in [6.07, 6.45) is 5.99. The number of hydrogen-bond acceptors (Lipinski definition) is 3. The molecule has 3 saturated carbocycles. The van der Waals surface area contributed by atoms with Crippen molar-refractivity contribution >= 4 is 11.9 Å². The summed E-state index contributed by atoms with van der Waals surface area (Å²) in [5, 5.41) is 18.9. The van der Waals surface area contributed by atoms with Gasteiger partial charge in [0.15, 0.2) is 5.60 Å². The van der Waals surface area contributed by atoms with E-state index in [-0.39, 0.29) is 0 Å². The van der Waals surface area contributed by atoms with Gasteiger partial charge in [-0.25, -0.2) is 4.79 Å². The van der Waals surface area contributed by atoms with Crippen LogP contribution in [0.1, 0.15) is 38.5 Å². The molecule has 0 radical (unpaired) electrons. The van der Waals surface area contributed by atoms with Crippen molar-refractivity contribution in [2.24, 2.45) is 23.2 Å². The van der Waals surface area contributed by atoms with Crippen molar-refractivity contribution in [3.63, 3.8) is 0 Å². The molecule has 2 N–H and O–H groups in total. The normalized spacial score (nSPS) is 47.9. The fraction of sp³-hybridized carbons (Fsp3) is 0.857. The van der Waals surface area contributed by atoms with Crippen LogP contribution < -0.4 is 0 Å². The van der Waals surface area contributed by atoms with Crippen LogP contribution in [-0.2, 0) is 14.3 Å². The highest BCUT2D eigenvalue weighted by Gasteiger charge is 2.86. The first-order valence-corrected chi connectivity index (χ1v) is 7.01. The second-order valence-electron chi connectivity index (χ2n) is 6.39. The highest BCUT2D eigenvalue weighted by Crippen LogP contribution is 2.75. The van der Waals surface area contributed by atoms with Crippen LogP contribution in [0.5, 0.6) is 0 Å². The third kappa shape index (κ3) is 1.39. The summed E-state index contributed by atoms with van der Waals surface area (Å²) in [4.78, 5) is 23.1. The molecular weight excluding hydrogens is 248 g/mol. The van der Waals surface area contributed by atoms with E-state index in [0.29, 0.717) is 24.7 Å². The van der Waals surface area contributed by atoms with Crippen LogP contribution in [0.2, 0.25) is 0 Å². The van der Waals surface area contributed by atoms with E-state index in [1.54, 1.807) is 0 Å². The second-order valence-corrected chi connectivity index (χ2v) is 6.39. The summed E-state index contributed by atoms with van der Waals surface area (Å²) in [6, 6.07) is 0. The predicted molar refractivity (Wildman–Crippen MR) is 65.6 cm³/mol. The van der Waals surface area contributed by atoms with Crippen LogP contribution in [0.25, 0.3) is 0 Å². The number of fused-ring (bicyclic) bond motifs is 1. The van der Waals surface area contributed by atoms with E-state index >= 15 is 0 Å². The minimum atomic E-state index is -1.49. The van der Waals surface area contributed by atoms with Gasteiger partial charge < -0.3 is 14.9 Å². The summed E-state index contributed by atoms with van der Waals surface area (Å²) >= 11 is 0. The van der Waals surface area contributed by atoms with Gasteiger partial charge in [-0.1, -0.05) is 25.7 Å². The van der Waals surface area contributed by atoms with Crippen molar-refractivity contribution in [3.8, 4) is 0 Å². The number of methoxy groups -OCH3 is 1. The Balaban J connectivity index is 1.95. The Morgan fingerprint density at radius 3 is 1.95 bits per heavy atom. The van der Waals surface area contributed by atoms with Gasteiger partial charge >= 0.3 is 11.9 Å². The number of carboxylic acid groups (broad SMARTS) is 2. The molecule has 0 bridgehead atoms. The molecule has 0 aromatic carbocycles. The van der Waals surface area contributed by atoms with Crippen LogP contribution in [0.3, 0.4) is 0 Å². The Hall–Kier alpha value is -1.10. The fourth-order valence-corrected chi connectivity index (χ4v) is 5.10. The first kappa shape index (κ1) is 12.9. The van der Waals surface area contributed by atoms with Gasteiger partial charge in [0.05, 0.1) is 0 Å². The van der Waals surface area contributed by atoms with Crippen molar-refractivity contribution in [2.45, 2.75) is 44.1 Å². The lowest BCUT2D eigenvalue weighted by Crippen LogP contribution is -2.33. The first-order valence-electron chi connectivity index (χ1n) is 7.01. The van der Waals surface area contributed by atoms with Crippen LogP contribution in [0.15, 0.2) is 0 Å². The van der Waals surface area contributed by atoms with Crippen molar-refractivity contribution < 1.29 is 24.5 Å². The summed E-state index contributed by atoms with van der Waals surface area (Å²) in [5.41, 5.74) is -2.16. The van der Waals surface area contributed by atoms with E-state index in [0.717, 1.165) is 12.8 Å². The number of ether oxygens (including phenoxy) is 1. The molecule has 3 aliphatic rings. The van der Waals surface area contributed by atoms with Crippen LogP contribution >= 0.6 is 0 Å². The molecule has 0 heterocycles. The van der Waals surface area contributed by atoms with Gasteiger partial charge in [-0.3, -0.25) is 4.79 Å². The SMILES string of the molecule is CO[C@@]1(C(=O)O)[C@@H](C(=O)O)C12C[C@@H]1CCCC[C@H]1C2. The highest BCUT2D eigenvalue weighted by atomic mass is 16.5. The maximum atomic E-state index is 11.6. The summed E-state index contributed by atoms with van der Waals surface area (Å²) in [5.74, 6) is -2.03. The standard InChI is InChI=1S/C14H20O5/c1-19-14(12(17)18)10(11(15)16)13(14)6-8-4-2-3-5-9(8)7-13/h8-10H,2-7H2,1H3,(H,15,16)(H,17,18)/t8-,9-,10-,14+/m0/s1. The number of carboxylic acids is 2. The molecule has 1 spiro atoms. The zero-order valence-electron chi connectivity index (χ0n) is 11.1. The molecule has 3 fully saturated rings. The second kappa shape index (κ2) is 3.95. The maximum Gasteiger partial charge on any atom is 0.337 e. The zero-order valence-corrected chi connectivity index (χ0v) is 11.1. The largest absolute Gasteiger partial charge is 0.481 e. The Bertz CT molecular complexity index is 418. The molecule has 0 aromatic rings. The third-order valence-electron chi connectivity index (χ3n) is 5.82. The van der Waals surface area contributed by atoms with E-state index in [4.69, 9.17) is 4.74 Å². The number of aliphatic carboxylic acids is 2. The fourth-order valence-electron chi connectivity index (χ4n) is 5.10. The topological polar surface area (TPSA) is 83.8 Å². The molecule has 0 aromatic heterocycles. The van der Waals surface area contributed by atoms with Crippen LogP contribution in [0, 0.1) is 23.2 Å². The maximum absolute atomic E-state index is 11.6. The van der Waals surface area contributed by atoms with Gasteiger partial charge in [-0.15, -0.1) is 0 Å². The molecule has 19 heavy (non-hydrogen) atoms. The lowest BCUT2D eigenvalue weighted by atomic mass is 9.82. The van der Waals surface area contributed by atoms with Crippen LogP contribution in [-0.4, -0.2) is 34.9 Å². The Morgan fingerprint density at radius 1 is 1.11 bits per heavy atom. The molecule has 5 heteroatoms. The van der Waals surface area contributed by atoms with Crippen molar-refractivity contribution in [1.29, 1.82) is 0 Å². The molecule has 5 nitrogen and oxygen atoms in total. The molecule has 0 aliphatic heterocycles. The minimum absolute atomic E-state index is 0.493. The van der Waals surface area contributed by atoms with E-state index in [9.17, 15) is 19.8 Å². The molecule has 0 amide bonds. The molecular formula is C14H20O5. The minimum Gasteiger partial charge on any atom is -0.481 e. The molecule has 106 valence electrons. The van der Waals surface area contributed by atoms with Gasteiger partial charge in [0, 0.05) is 12.5 Å². The van der Waals surface area contributed by atoms with Gasteiger partial charge in [0.25, 0.3) is 0 Å². The summed E-state index contributed by atoms with van der Waals surface area (Å²) < 4.78 is 5.25. The molecule has 3 aliphatic carbocycles. The number of hydrogen-bond donors (Lipinski definition) is 2. The van der Waals surface area contributed by atoms with E-state index in [1.165, 1.54) is 20.0 Å².